The molecule has 5 fully saturated rings. The highest BCUT2D eigenvalue weighted by Crippen LogP contribution is 2.76. The predicted molar refractivity (Wildman–Crippen MR) is 136 cm³/mol. The number of rotatable bonds is 4. The van der Waals surface area contributed by atoms with Crippen molar-refractivity contribution in [2.75, 3.05) is 7.11 Å². The molecule has 188 valence electrons. The molecule has 5 heteroatoms. The van der Waals surface area contributed by atoms with Crippen LogP contribution in [0.2, 0.25) is 0 Å². The van der Waals surface area contributed by atoms with Gasteiger partial charge in [0.25, 0.3) is 0 Å². The minimum Gasteiger partial charge on any atom is -0.497 e. The molecule has 5 aliphatic rings. The lowest BCUT2D eigenvalue weighted by molar-refractivity contribution is -0.135. The zero-order chi connectivity index (χ0) is 24.1. The summed E-state index contributed by atoms with van der Waals surface area (Å²) < 4.78 is 7.23. The van der Waals surface area contributed by atoms with Gasteiger partial charge in [0, 0.05) is 12.0 Å². The standard InChI is InChI=1S/C30H41N3O2/c1-16-5-8-20-18(13-16)6-9-22-21(20)11-12-30(3)28(22)26-17(2)27(26)29(30)25(34)15-33-24-14-19(35-4)7-10-23(24)31-32-33/h7,10,14,16-18,20-22,26-29H,5-6,8-9,11-13,15H2,1-4H3/t16-,17-,18+,20?,21?,22+,26+,27-,28?,29-,30-/m0/s1. The van der Waals surface area contributed by atoms with Crippen LogP contribution in [0.25, 0.3) is 11.0 Å². The van der Waals surface area contributed by atoms with Crippen LogP contribution in [0.3, 0.4) is 0 Å². The molecule has 0 bridgehead atoms. The van der Waals surface area contributed by atoms with Gasteiger partial charge in [-0.3, -0.25) is 4.79 Å². The van der Waals surface area contributed by atoms with Crippen LogP contribution >= 0.6 is 0 Å². The van der Waals surface area contributed by atoms with Crippen molar-refractivity contribution < 1.29 is 9.53 Å². The summed E-state index contributed by atoms with van der Waals surface area (Å²) >= 11 is 0. The van der Waals surface area contributed by atoms with Crippen molar-refractivity contribution in [1.29, 1.82) is 0 Å². The van der Waals surface area contributed by atoms with Crippen molar-refractivity contribution in [2.24, 2.45) is 64.6 Å². The van der Waals surface area contributed by atoms with Gasteiger partial charge in [0.05, 0.1) is 12.6 Å². The van der Waals surface area contributed by atoms with Crippen molar-refractivity contribution >= 4 is 16.8 Å². The number of nitrogens with zero attached hydrogens (tertiary/aromatic N) is 3. The van der Waals surface area contributed by atoms with E-state index in [9.17, 15) is 4.79 Å². The van der Waals surface area contributed by atoms with Crippen LogP contribution in [0.4, 0.5) is 0 Å². The number of ether oxygens (including phenoxy) is 1. The maximum Gasteiger partial charge on any atom is 0.158 e. The van der Waals surface area contributed by atoms with Crippen molar-refractivity contribution in [1.82, 2.24) is 15.0 Å². The highest BCUT2D eigenvalue weighted by molar-refractivity contribution is 5.85. The molecule has 1 aromatic carbocycles. The van der Waals surface area contributed by atoms with E-state index in [1.807, 2.05) is 22.9 Å². The number of ketones is 1. The molecule has 0 aliphatic heterocycles. The van der Waals surface area contributed by atoms with E-state index in [4.69, 9.17) is 4.74 Å². The minimum atomic E-state index is 0.170. The van der Waals surface area contributed by atoms with Crippen molar-refractivity contribution in [2.45, 2.75) is 72.3 Å². The van der Waals surface area contributed by atoms with E-state index in [0.29, 0.717) is 24.2 Å². The van der Waals surface area contributed by atoms with Crippen LogP contribution in [0.1, 0.15) is 65.7 Å². The van der Waals surface area contributed by atoms with Gasteiger partial charge in [-0.25, -0.2) is 4.68 Å². The van der Waals surface area contributed by atoms with E-state index in [0.717, 1.165) is 58.2 Å². The number of fused-ring (bicyclic) bond motifs is 8. The van der Waals surface area contributed by atoms with Gasteiger partial charge in [-0.15, -0.1) is 5.10 Å². The van der Waals surface area contributed by atoms with Crippen LogP contribution in [0.5, 0.6) is 5.75 Å². The largest absolute Gasteiger partial charge is 0.497 e. The lowest BCUT2D eigenvalue weighted by Crippen LogP contribution is -2.51. The van der Waals surface area contributed by atoms with Crippen molar-refractivity contribution in [3.05, 3.63) is 18.2 Å². The highest BCUT2D eigenvalue weighted by atomic mass is 16.5. The lowest BCUT2D eigenvalue weighted by atomic mass is 9.47. The lowest BCUT2D eigenvalue weighted by Gasteiger charge is -2.57. The third kappa shape index (κ3) is 3.15. The van der Waals surface area contributed by atoms with E-state index in [-0.39, 0.29) is 11.3 Å². The number of hydrogen-bond donors (Lipinski definition) is 0. The van der Waals surface area contributed by atoms with Gasteiger partial charge < -0.3 is 4.74 Å². The van der Waals surface area contributed by atoms with Crippen LogP contribution in [-0.2, 0) is 11.3 Å². The van der Waals surface area contributed by atoms with Crippen LogP contribution in [-0.4, -0.2) is 27.9 Å². The number of Topliss-reactive ketones (excluding diaryl/α,β-unsaturated/α-hetero) is 1. The third-order valence-corrected chi connectivity index (χ3v) is 11.9. The molecule has 0 saturated heterocycles. The Hall–Kier alpha value is -1.91. The van der Waals surface area contributed by atoms with E-state index >= 15 is 0 Å². The summed E-state index contributed by atoms with van der Waals surface area (Å²) in [6.07, 6.45) is 9.84. The Morgan fingerprint density at radius 3 is 2.74 bits per heavy atom. The first kappa shape index (κ1) is 22.3. The molecule has 35 heavy (non-hydrogen) atoms. The summed E-state index contributed by atoms with van der Waals surface area (Å²) in [6, 6.07) is 5.79. The first-order chi connectivity index (χ1) is 16.9. The van der Waals surface area contributed by atoms with Gasteiger partial charge >= 0.3 is 0 Å². The Kier molecular flexibility index (Phi) is 4.97. The van der Waals surface area contributed by atoms with Crippen LogP contribution in [0, 0.1) is 64.6 Å². The smallest absolute Gasteiger partial charge is 0.158 e. The van der Waals surface area contributed by atoms with Crippen molar-refractivity contribution in [3.8, 4) is 5.75 Å². The normalized spacial score (nSPS) is 45.8. The molecule has 5 saturated carbocycles. The summed E-state index contributed by atoms with van der Waals surface area (Å²) in [4.78, 5) is 14.1. The Morgan fingerprint density at radius 2 is 1.91 bits per heavy atom. The second-order valence-corrected chi connectivity index (χ2v) is 13.4. The molecule has 11 atom stereocenters. The van der Waals surface area contributed by atoms with Crippen LogP contribution in [0.15, 0.2) is 18.2 Å². The predicted octanol–water partition coefficient (Wildman–Crippen LogP) is 6.02. The van der Waals surface area contributed by atoms with Crippen LogP contribution < -0.4 is 4.74 Å². The molecule has 0 amide bonds. The molecular weight excluding hydrogens is 434 g/mol. The first-order valence-electron chi connectivity index (χ1n) is 14.3. The quantitative estimate of drug-likeness (QED) is 0.543. The average Bonchev–Trinajstić information content (AvgIpc) is 3.19. The Morgan fingerprint density at radius 1 is 1.09 bits per heavy atom. The van der Waals surface area contributed by atoms with E-state index in [2.05, 4.69) is 31.1 Å². The Balaban J connectivity index is 1.16. The second kappa shape index (κ2) is 7.79. The zero-order valence-corrected chi connectivity index (χ0v) is 21.8. The molecule has 0 radical (unpaired) electrons. The minimum absolute atomic E-state index is 0.170. The molecule has 3 unspecified atom stereocenters. The molecule has 5 nitrogen and oxygen atoms in total. The maximum atomic E-state index is 14.1. The summed E-state index contributed by atoms with van der Waals surface area (Å²) in [5.41, 5.74) is 1.89. The summed E-state index contributed by atoms with van der Waals surface area (Å²) in [7, 11) is 1.67. The number of aromatic nitrogens is 3. The summed E-state index contributed by atoms with van der Waals surface area (Å²) in [5, 5.41) is 8.69. The van der Waals surface area contributed by atoms with Gasteiger partial charge in [-0.1, -0.05) is 32.4 Å². The van der Waals surface area contributed by atoms with E-state index < -0.39 is 0 Å². The average molecular weight is 476 g/mol. The van der Waals surface area contributed by atoms with Gasteiger partial charge in [0.15, 0.2) is 5.78 Å². The summed E-state index contributed by atoms with van der Waals surface area (Å²) in [6.45, 7) is 7.75. The Labute approximate surface area is 209 Å². The molecular formula is C30H41N3O2. The molecule has 1 heterocycles. The highest BCUT2D eigenvalue weighted by Gasteiger charge is 2.73. The monoisotopic (exact) mass is 475 g/mol. The van der Waals surface area contributed by atoms with Gasteiger partial charge in [-0.05, 0) is 109 Å². The molecule has 0 spiro atoms. The Bertz CT molecular complexity index is 1160. The number of carbonyl (C=O) groups excluding carboxylic acids is 1. The van der Waals surface area contributed by atoms with Gasteiger partial charge in [0.1, 0.15) is 17.8 Å². The number of benzene rings is 1. The topological polar surface area (TPSA) is 57.0 Å². The summed E-state index contributed by atoms with van der Waals surface area (Å²) in [5.74, 6) is 8.83. The fourth-order valence-electron chi connectivity index (χ4n) is 10.5. The molecule has 1 aromatic heterocycles. The molecule has 0 N–H and O–H groups in total. The zero-order valence-electron chi connectivity index (χ0n) is 21.8. The maximum absolute atomic E-state index is 14.1. The fourth-order valence-corrected chi connectivity index (χ4v) is 10.5. The fraction of sp³-hybridized carbons (Fsp3) is 0.767. The first-order valence-corrected chi connectivity index (χ1v) is 14.3. The number of carbonyl (C=O) groups is 1. The SMILES string of the molecule is COc1ccc2nnn(CC(=O)[C@H]3[C@H]4[C@@H](C)[C@H]4C4[C@@H]5CC[C@@H]6C[C@@H](C)CCC6C5CC[C@@]43C)c2c1. The van der Waals surface area contributed by atoms with E-state index in [1.165, 1.54) is 44.9 Å². The van der Waals surface area contributed by atoms with E-state index in [1.54, 1.807) is 7.11 Å². The third-order valence-electron chi connectivity index (χ3n) is 11.9. The number of hydrogen-bond acceptors (Lipinski definition) is 4. The molecule has 5 aliphatic carbocycles. The second-order valence-electron chi connectivity index (χ2n) is 13.4. The van der Waals surface area contributed by atoms with Crippen molar-refractivity contribution in [3.63, 3.8) is 0 Å². The molecule has 7 rings (SSSR count). The molecule has 2 aromatic rings. The van der Waals surface area contributed by atoms with Gasteiger partial charge in [-0.2, -0.15) is 0 Å². The van der Waals surface area contributed by atoms with Gasteiger partial charge in [0.2, 0.25) is 0 Å². The number of methoxy groups -OCH3 is 1.